The molecule has 2 fully saturated rings. The number of carbonyl (C=O) groups excluding carboxylic acids is 1. The molecule has 2 aliphatic rings. The molecule has 3 aromatic rings. The number of fused-ring (bicyclic) bond motifs is 1. The third-order valence-corrected chi connectivity index (χ3v) is 7.25. The molecule has 0 radical (unpaired) electrons. The second kappa shape index (κ2) is 10.2. The highest BCUT2D eigenvalue weighted by Crippen LogP contribution is 2.30. The molecule has 2 aliphatic heterocycles. The zero-order valence-corrected chi connectivity index (χ0v) is 19.5. The molecule has 7 nitrogen and oxygen atoms in total. The summed E-state index contributed by atoms with van der Waals surface area (Å²) in [5.41, 5.74) is 1.36. The second-order valence-electron chi connectivity index (χ2n) is 8.92. The van der Waals surface area contributed by atoms with Gasteiger partial charge in [-0.15, -0.1) is 0 Å². The Morgan fingerprint density at radius 2 is 1.88 bits per heavy atom. The van der Waals surface area contributed by atoms with E-state index in [1.807, 2.05) is 22.8 Å². The summed E-state index contributed by atoms with van der Waals surface area (Å²) in [4.78, 5) is 24.7. The average molecular weight is 468 g/mol. The van der Waals surface area contributed by atoms with Crippen molar-refractivity contribution in [3.05, 3.63) is 53.4 Å². The molecule has 1 aromatic carbocycles. The van der Waals surface area contributed by atoms with Crippen LogP contribution in [0.15, 0.2) is 42.9 Å². The van der Waals surface area contributed by atoms with Crippen LogP contribution in [-0.2, 0) is 4.74 Å². The lowest BCUT2D eigenvalue weighted by atomic mass is 9.89. The third kappa shape index (κ3) is 4.76. The van der Waals surface area contributed by atoms with E-state index in [-0.39, 0.29) is 5.91 Å². The van der Waals surface area contributed by atoms with E-state index >= 15 is 0 Å². The highest BCUT2D eigenvalue weighted by Gasteiger charge is 2.31. The number of carbonyl (C=O) groups is 1. The maximum Gasteiger partial charge on any atom is 0.253 e. The van der Waals surface area contributed by atoms with E-state index in [2.05, 4.69) is 20.2 Å². The van der Waals surface area contributed by atoms with Crippen LogP contribution in [0.4, 0.5) is 0 Å². The number of hydrogen-bond donors (Lipinski definition) is 1. The Bertz CT molecular complexity index is 1070. The first-order valence-corrected chi connectivity index (χ1v) is 12.3. The van der Waals surface area contributed by atoms with Gasteiger partial charge in [-0.3, -0.25) is 14.3 Å². The van der Waals surface area contributed by atoms with Crippen molar-refractivity contribution in [2.24, 2.45) is 5.92 Å². The Morgan fingerprint density at radius 3 is 2.64 bits per heavy atom. The maximum absolute atomic E-state index is 13.5. The molecule has 174 valence electrons. The summed E-state index contributed by atoms with van der Waals surface area (Å²) < 4.78 is 7.43. The first kappa shape index (κ1) is 22.3. The van der Waals surface area contributed by atoms with Gasteiger partial charge in [-0.2, -0.15) is 0 Å². The topological polar surface area (TPSA) is 72.3 Å². The zero-order chi connectivity index (χ0) is 22.6. The average Bonchev–Trinajstić information content (AvgIpc) is 3.27. The Hall–Kier alpha value is -2.48. The third-order valence-electron chi connectivity index (χ3n) is 6.93. The van der Waals surface area contributed by atoms with Gasteiger partial charge >= 0.3 is 0 Å². The van der Waals surface area contributed by atoms with Crippen molar-refractivity contribution in [2.75, 3.05) is 32.8 Å². The van der Waals surface area contributed by atoms with Crippen molar-refractivity contribution in [1.29, 1.82) is 0 Å². The van der Waals surface area contributed by atoms with Crippen LogP contribution in [0.2, 0.25) is 5.02 Å². The van der Waals surface area contributed by atoms with Crippen molar-refractivity contribution in [3.63, 3.8) is 0 Å². The van der Waals surface area contributed by atoms with Crippen LogP contribution in [0.1, 0.15) is 42.5 Å². The number of aromatic nitrogens is 3. The molecule has 8 heteroatoms. The van der Waals surface area contributed by atoms with Crippen LogP contribution >= 0.6 is 11.6 Å². The van der Waals surface area contributed by atoms with E-state index in [4.69, 9.17) is 16.3 Å². The quantitative estimate of drug-likeness (QED) is 0.591. The largest absolute Gasteiger partial charge is 0.381 e. The highest BCUT2D eigenvalue weighted by atomic mass is 35.5. The summed E-state index contributed by atoms with van der Waals surface area (Å²) in [7, 11) is 0. The number of piperidine rings is 1. The molecule has 0 bridgehead atoms. The first-order chi connectivity index (χ1) is 16.2. The molecule has 0 aliphatic carbocycles. The molecule has 1 atom stereocenters. The van der Waals surface area contributed by atoms with Gasteiger partial charge in [-0.25, -0.2) is 9.97 Å². The van der Waals surface area contributed by atoms with E-state index < -0.39 is 0 Å². The molecule has 33 heavy (non-hydrogen) atoms. The summed E-state index contributed by atoms with van der Waals surface area (Å²) in [5.74, 6) is 0.939. The number of benzene rings is 1. The molecule has 5 rings (SSSR count). The van der Waals surface area contributed by atoms with E-state index in [1.165, 1.54) is 19.3 Å². The van der Waals surface area contributed by atoms with Gasteiger partial charge in [-0.05, 0) is 62.9 Å². The fourth-order valence-electron chi connectivity index (χ4n) is 5.23. The first-order valence-electron chi connectivity index (χ1n) is 11.9. The Kier molecular flexibility index (Phi) is 6.90. The van der Waals surface area contributed by atoms with Crippen molar-refractivity contribution in [1.82, 2.24) is 24.8 Å². The molecule has 2 saturated heterocycles. The number of halogens is 1. The second-order valence-corrected chi connectivity index (χ2v) is 9.33. The van der Waals surface area contributed by atoms with Crippen molar-refractivity contribution >= 4 is 28.4 Å². The standard InChI is InChI=1S/C25H30ClN5O2/c26-20-6-4-7-21-23(20)19(17-31(21)25-27-10-5-11-28-25)24(32)29-16-22(18-8-14-33-15-9-18)30-12-2-1-3-13-30/h4-7,10-11,17-18,22H,1-3,8-9,12-16H2,(H,29,32). The van der Waals surface area contributed by atoms with Gasteiger partial charge in [0.2, 0.25) is 5.95 Å². The minimum atomic E-state index is -0.114. The fraction of sp³-hybridized carbons (Fsp3) is 0.480. The van der Waals surface area contributed by atoms with Gasteiger partial charge in [-0.1, -0.05) is 24.1 Å². The van der Waals surface area contributed by atoms with Crippen molar-refractivity contribution in [3.8, 4) is 5.95 Å². The molecular weight excluding hydrogens is 438 g/mol. The minimum absolute atomic E-state index is 0.114. The van der Waals surface area contributed by atoms with Crippen LogP contribution < -0.4 is 5.32 Å². The SMILES string of the molecule is O=C(NCC(C1CCOCC1)N1CCCCC1)c1cn(-c2ncccn2)c2cccc(Cl)c12. The van der Waals surface area contributed by atoms with Crippen LogP contribution in [0.25, 0.3) is 16.9 Å². The Labute approximate surface area is 199 Å². The van der Waals surface area contributed by atoms with Gasteiger partial charge in [0, 0.05) is 49.8 Å². The molecule has 2 aromatic heterocycles. The molecule has 1 amide bonds. The lowest BCUT2D eigenvalue weighted by molar-refractivity contribution is 0.0202. The van der Waals surface area contributed by atoms with Crippen LogP contribution in [-0.4, -0.2) is 64.2 Å². The lowest BCUT2D eigenvalue weighted by Gasteiger charge is -2.40. The summed E-state index contributed by atoms with van der Waals surface area (Å²) in [5, 5.41) is 4.52. The van der Waals surface area contributed by atoms with Crippen molar-refractivity contribution < 1.29 is 9.53 Å². The predicted molar refractivity (Wildman–Crippen MR) is 129 cm³/mol. The maximum atomic E-state index is 13.5. The van der Waals surface area contributed by atoms with E-state index in [9.17, 15) is 4.79 Å². The minimum Gasteiger partial charge on any atom is -0.381 e. The van der Waals surface area contributed by atoms with E-state index in [0.717, 1.165) is 50.0 Å². The van der Waals surface area contributed by atoms with E-state index in [0.29, 0.717) is 35.0 Å². The van der Waals surface area contributed by atoms with Crippen LogP contribution in [0.3, 0.4) is 0 Å². The lowest BCUT2D eigenvalue weighted by Crippen LogP contribution is -2.51. The molecule has 1 unspecified atom stereocenters. The molecule has 1 N–H and O–H groups in total. The summed E-state index contributed by atoms with van der Waals surface area (Å²) in [6.45, 7) is 4.46. The number of nitrogens with zero attached hydrogens (tertiary/aromatic N) is 4. The number of ether oxygens (including phenoxy) is 1. The number of nitrogens with one attached hydrogen (secondary N) is 1. The Morgan fingerprint density at radius 1 is 1.12 bits per heavy atom. The van der Waals surface area contributed by atoms with Gasteiger partial charge in [0.05, 0.1) is 16.1 Å². The predicted octanol–water partition coefficient (Wildman–Crippen LogP) is 4.08. The summed E-state index contributed by atoms with van der Waals surface area (Å²) in [6.07, 6.45) is 11.0. The van der Waals surface area contributed by atoms with Gasteiger partial charge in [0.1, 0.15) is 0 Å². The van der Waals surface area contributed by atoms with Crippen LogP contribution in [0.5, 0.6) is 0 Å². The molecule has 0 saturated carbocycles. The monoisotopic (exact) mass is 467 g/mol. The Balaban J connectivity index is 1.41. The summed E-state index contributed by atoms with van der Waals surface area (Å²) >= 11 is 6.56. The number of likely N-dealkylation sites (tertiary alicyclic amines) is 1. The number of amides is 1. The molecular formula is C25H30ClN5O2. The van der Waals surface area contributed by atoms with Crippen LogP contribution in [0, 0.1) is 5.92 Å². The fourth-order valence-corrected chi connectivity index (χ4v) is 5.50. The smallest absolute Gasteiger partial charge is 0.253 e. The normalized spacial score (nSPS) is 18.9. The molecule has 4 heterocycles. The zero-order valence-electron chi connectivity index (χ0n) is 18.8. The van der Waals surface area contributed by atoms with Gasteiger partial charge < -0.3 is 10.1 Å². The van der Waals surface area contributed by atoms with Gasteiger partial charge in [0.15, 0.2) is 0 Å². The highest BCUT2D eigenvalue weighted by molar-refractivity contribution is 6.37. The molecule has 0 spiro atoms. The van der Waals surface area contributed by atoms with Crippen molar-refractivity contribution in [2.45, 2.75) is 38.1 Å². The summed E-state index contributed by atoms with van der Waals surface area (Å²) in [6, 6.07) is 7.73. The van der Waals surface area contributed by atoms with Gasteiger partial charge in [0.25, 0.3) is 5.91 Å². The number of hydrogen-bond acceptors (Lipinski definition) is 5. The number of rotatable bonds is 6. The van der Waals surface area contributed by atoms with E-state index in [1.54, 1.807) is 24.7 Å².